The SMILES string of the molecule is Cc1ccc(Cl)c(OCc2csc(C(=O)N3CCCC3)c2)c1. The van der Waals surface area contributed by atoms with Gasteiger partial charge in [-0.15, -0.1) is 11.3 Å². The van der Waals surface area contributed by atoms with E-state index in [1.807, 2.05) is 41.5 Å². The quantitative estimate of drug-likeness (QED) is 0.821. The Hall–Kier alpha value is -1.52. The van der Waals surface area contributed by atoms with E-state index >= 15 is 0 Å². The predicted octanol–water partition coefficient (Wildman–Crippen LogP) is 4.52. The third-order valence-electron chi connectivity index (χ3n) is 3.74. The molecule has 0 saturated carbocycles. The van der Waals surface area contributed by atoms with Gasteiger partial charge in [0.15, 0.2) is 0 Å². The Morgan fingerprint density at radius 3 is 2.86 bits per heavy atom. The largest absolute Gasteiger partial charge is 0.487 e. The Bertz CT molecular complexity index is 677. The van der Waals surface area contributed by atoms with E-state index in [2.05, 4.69) is 0 Å². The number of amides is 1. The van der Waals surface area contributed by atoms with Crippen LogP contribution in [0.3, 0.4) is 0 Å². The first-order chi connectivity index (χ1) is 10.6. The molecule has 1 fully saturated rings. The number of rotatable bonds is 4. The van der Waals surface area contributed by atoms with Crippen LogP contribution >= 0.6 is 22.9 Å². The van der Waals surface area contributed by atoms with Crippen LogP contribution in [-0.2, 0) is 6.61 Å². The number of thiophene rings is 1. The molecular weight excluding hydrogens is 318 g/mol. The molecule has 0 radical (unpaired) electrons. The fourth-order valence-electron chi connectivity index (χ4n) is 2.52. The number of hydrogen-bond donors (Lipinski definition) is 0. The molecule has 1 aliphatic heterocycles. The van der Waals surface area contributed by atoms with E-state index in [0.29, 0.717) is 17.4 Å². The van der Waals surface area contributed by atoms with Gasteiger partial charge in [0.25, 0.3) is 5.91 Å². The molecule has 0 spiro atoms. The lowest BCUT2D eigenvalue weighted by Gasteiger charge is -2.13. The molecule has 0 unspecified atom stereocenters. The molecule has 0 bridgehead atoms. The van der Waals surface area contributed by atoms with Gasteiger partial charge in [-0.05, 0) is 48.9 Å². The number of hydrogen-bond acceptors (Lipinski definition) is 3. The summed E-state index contributed by atoms with van der Waals surface area (Å²) >= 11 is 7.60. The van der Waals surface area contributed by atoms with E-state index in [0.717, 1.165) is 41.9 Å². The maximum Gasteiger partial charge on any atom is 0.263 e. The number of likely N-dealkylation sites (tertiary alicyclic amines) is 1. The van der Waals surface area contributed by atoms with Crippen molar-refractivity contribution in [3.05, 3.63) is 50.7 Å². The van der Waals surface area contributed by atoms with Crippen LogP contribution in [0, 0.1) is 6.92 Å². The van der Waals surface area contributed by atoms with Gasteiger partial charge in [-0.25, -0.2) is 0 Å². The molecule has 22 heavy (non-hydrogen) atoms. The van der Waals surface area contributed by atoms with Crippen molar-refractivity contribution in [2.24, 2.45) is 0 Å². The van der Waals surface area contributed by atoms with Gasteiger partial charge in [-0.2, -0.15) is 0 Å². The minimum atomic E-state index is 0.141. The van der Waals surface area contributed by atoms with Crippen LogP contribution in [-0.4, -0.2) is 23.9 Å². The molecule has 1 aliphatic rings. The molecule has 1 aromatic carbocycles. The highest BCUT2D eigenvalue weighted by molar-refractivity contribution is 7.12. The van der Waals surface area contributed by atoms with Crippen LogP contribution in [0.1, 0.15) is 33.6 Å². The summed E-state index contributed by atoms with van der Waals surface area (Å²) in [5.74, 6) is 0.822. The lowest BCUT2D eigenvalue weighted by Crippen LogP contribution is -2.26. The Balaban J connectivity index is 1.64. The number of ether oxygens (including phenoxy) is 1. The van der Waals surface area contributed by atoms with Gasteiger partial charge < -0.3 is 9.64 Å². The summed E-state index contributed by atoms with van der Waals surface area (Å²) in [6.45, 7) is 4.18. The Morgan fingerprint density at radius 1 is 1.32 bits per heavy atom. The maximum atomic E-state index is 12.3. The molecule has 1 saturated heterocycles. The number of carbonyl (C=O) groups excluding carboxylic acids is 1. The molecule has 3 rings (SSSR count). The monoisotopic (exact) mass is 335 g/mol. The molecule has 116 valence electrons. The van der Waals surface area contributed by atoms with Crippen molar-refractivity contribution < 1.29 is 9.53 Å². The first-order valence-electron chi connectivity index (χ1n) is 7.39. The number of carbonyl (C=O) groups is 1. The van der Waals surface area contributed by atoms with Crippen LogP contribution in [0.15, 0.2) is 29.6 Å². The third-order valence-corrected chi connectivity index (χ3v) is 5.02. The fraction of sp³-hybridized carbons (Fsp3) is 0.353. The summed E-state index contributed by atoms with van der Waals surface area (Å²) in [6.07, 6.45) is 2.22. The molecule has 2 aromatic rings. The molecule has 5 heteroatoms. The summed E-state index contributed by atoms with van der Waals surface area (Å²) < 4.78 is 5.77. The lowest BCUT2D eigenvalue weighted by molar-refractivity contribution is 0.0797. The highest BCUT2D eigenvalue weighted by Crippen LogP contribution is 2.27. The second-order valence-electron chi connectivity index (χ2n) is 5.54. The zero-order chi connectivity index (χ0) is 15.5. The number of halogens is 1. The molecule has 1 aromatic heterocycles. The van der Waals surface area contributed by atoms with Gasteiger partial charge in [-0.1, -0.05) is 17.7 Å². The molecule has 3 nitrogen and oxygen atoms in total. The van der Waals surface area contributed by atoms with Crippen LogP contribution < -0.4 is 4.74 Å². The van der Waals surface area contributed by atoms with E-state index in [9.17, 15) is 4.79 Å². The second-order valence-corrected chi connectivity index (χ2v) is 6.86. The number of aryl methyl sites for hydroxylation is 1. The Labute approximate surface area is 139 Å². The highest BCUT2D eigenvalue weighted by atomic mass is 35.5. The summed E-state index contributed by atoms with van der Waals surface area (Å²) in [5.41, 5.74) is 2.11. The van der Waals surface area contributed by atoms with Gasteiger partial charge >= 0.3 is 0 Å². The number of nitrogens with zero attached hydrogens (tertiary/aromatic N) is 1. The average Bonchev–Trinajstić information content (AvgIpc) is 3.19. The Kier molecular flexibility index (Phi) is 4.69. The van der Waals surface area contributed by atoms with E-state index in [1.54, 1.807) is 0 Å². The summed E-state index contributed by atoms with van der Waals surface area (Å²) in [5, 5.41) is 2.58. The van der Waals surface area contributed by atoms with Gasteiger partial charge in [0.2, 0.25) is 0 Å². The van der Waals surface area contributed by atoms with Crippen LogP contribution in [0.2, 0.25) is 5.02 Å². The molecule has 0 atom stereocenters. The van der Waals surface area contributed by atoms with Crippen molar-refractivity contribution in [3.63, 3.8) is 0 Å². The highest BCUT2D eigenvalue weighted by Gasteiger charge is 2.20. The van der Waals surface area contributed by atoms with Crippen molar-refractivity contribution in [1.29, 1.82) is 0 Å². The standard InChI is InChI=1S/C17H18ClNO2S/c1-12-4-5-14(18)15(8-12)21-10-13-9-16(22-11-13)17(20)19-6-2-3-7-19/h4-5,8-9,11H,2-3,6-7,10H2,1H3. The van der Waals surface area contributed by atoms with E-state index in [4.69, 9.17) is 16.3 Å². The summed E-state index contributed by atoms with van der Waals surface area (Å²) in [6, 6.07) is 7.63. The third kappa shape index (κ3) is 3.45. The topological polar surface area (TPSA) is 29.5 Å². The fourth-order valence-corrected chi connectivity index (χ4v) is 3.56. The van der Waals surface area contributed by atoms with Gasteiger partial charge in [0.05, 0.1) is 9.90 Å². The van der Waals surface area contributed by atoms with Gasteiger partial charge in [-0.3, -0.25) is 4.79 Å². The average molecular weight is 336 g/mol. The van der Waals surface area contributed by atoms with Crippen LogP contribution in [0.4, 0.5) is 0 Å². The molecular formula is C17H18ClNO2S. The number of benzene rings is 1. The van der Waals surface area contributed by atoms with Crippen molar-refractivity contribution in [2.45, 2.75) is 26.4 Å². The van der Waals surface area contributed by atoms with Crippen molar-refractivity contribution in [2.75, 3.05) is 13.1 Å². The summed E-state index contributed by atoms with van der Waals surface area (Å²) in [4.78, 5) is 15.0. The first-order valence-corrected chi connectivity index (χ1v) is 8.65. The first kappa shape index (κ1) is 15.4. The van der Waals surface area contributed by atoms with E-state index in [1.165, 1.54) is 11.3 Å². The molecule has 0 N–H and O–H groups in total. The molecule has 1 amide bonds. The lowest BCUT2D eigenvalue weighted by atomic mass is 10.2. The predicted molar refractivity (Wildman–Crippen MR) is 90.0 cm³/mol. The second kappa shape index (κ2) is 6.71. The van der Waals surface area contributed by atoms with Crippen molar-refractivity contribution in [3.8, 4) is 5.75 Å². The normalized spacial score (nSPS) is 14.4. The van der Waals surface area contributed by atoms with Crippen molar-refractivity contribution in [1.82, 2.24) is 4.90 Å². The zero-order valence-electron chi connectivity index (χ0n) is 12.5. The minimum Gasteiger partial charge on any atom is -0.487 e. The van der Waals surface area contributed by atoms with Gasteiger partial charge in [0.1, 0.15) is 12.4 Å². The van der Waals surface area contributed by atoms with Crippen molar-refractivity contribution >= 4 is 28.8 Å². The molecule has 0 aliphatic carbocycles. The summed E-state index contributed by atoms with van der Waals surface area (Å²) in [7, 11) is 0. The van der Waals surface area contributed by atoms with Crippen LogP contribution in [0.5, 0.6) is 5.75 Å². The maximum absolute atomic E-state index is 12.3. The zero-order valence-corrected chi connectivity index (χ0v) is 14.0. The van der Waals surface area contributed by atoms with E-state index in [-0.39, 0.29) is 5.91 Å². The van der Waals surface area contributed by atoms with Gasteiger partial charge in [0, 0.05) is 18.7 Å². The van der Waals surface area contributed by atoms with E-state index < -0.39 is 0 Å². The molecule has 2 heterocycles. The van der Waals surface area contributed by atoms with Crippen LogP contribution in [0.25, 0.3) is 0 Å². The Morgan fingerprint density at radius 2 is 2.09 bits per heavy atom. The minimum absolute atomic E-state index is 0.141. The smallest absolute Gasteiger partial charge is 0.263 e.